The highest BCUT2D eigenvalue weighted by atomic mass is 15.1. The molecule has 1 aromatic carbocycles. The summed E-state index contributed by atoms with van der Waals surface area (Å²) in [5.74, 6) is 0. The summed E-state index contributed by atoms with van der Waals surface area (Å²) in [5.41, 5.74) is 4.25. The summed E-state index contributed by atoms with van der Waals surface area (Å²) in [4.78, 5) is 2.63. The lowest BCUT2D eigenvalue weighted by Gasteiger charge is -2.27. The van der Waals surface area contributed by atoms with Crippen LogP contribution in [0.4, 0.5) is 5.69 Å². The summed E-state index contributed by atoms with van der Waals surface area (Å²) in [7, 11) is 0. The van der Waals surface area contributed by atoms with Gasteiger partial charge in [-0.2, -0.15) is 0 Å². The molecule has 0 aliphatic heterocycles. The van der Waals surface area contributed by atoms with Gasteiger partial charge in [-0.1, -0.05) is 70.1 Å². The molecule has 0 radical (unpaired) electrons. The maximum Gasteiger partial charge on any atom is 0.0396 e. The largest absolute Gasteiger partial charge is 0.371 e. The highest BCUT2D eigenvalue weighted by Gasteiger charge is 2.09. The third kappa shape index (κ3) is 7.02. The Morgan fingerprint density at radius 1 is 0.762 bits per heavy atom. The van der Waals surface area contributed by atoms with E-state index in [1.165, 1.54) is 81.3 Å². The van der Waals surface area contributed by atoms with Gasteiger partial charge in [-0.05, 0) is 38.3 Å². The van der Waals surface area contributed by atoms with Crippen molar-refractivity contribution in [3.63, 3.8) is 0 Å². The molecule has 120 valence electrons. The minimum Gasteiger partial charge on any atom is -0.371 e. The summed E-state index contributed by atoms with van der Waals surface area (Å²) >= 11 is 0. The van der Waals surface area contributed by atoms with Crippen molar-refractivity contribution in [3.05, 3.63) is 29.3 Å². The van der Waals surface area contributed by atoms with E-state index in [4.69, 9.17) is 0 Å². The molecular formula is C20H35N. The predicted molar refractivity (Wildman–Crippen MR) is 96.4 cm³/mol. The Balaban J connectivity index is 2.60. The molecule has 0 N–H and O–H groups in total. The molecule has 0 bridgehead atoms. The number of hydrogen-bond donors (Lipinski definition) is 0. The van der Waals surface area contributed by atoms with E-state index < -0.39 is 0 Å². The van der Waals surface area contributed by atoms with E-state index >= 15 is 0 Å². The Bertz CT molecular complexity index is 371. The number of rotatable bonds is 11. The first-order valence-corrected chi connectivity index (χ1v) is 9.01. The molecule has 1 nitrogen and oxygen atoms in total. The Kier molecular flexibility index (Phi) is 9.21. The van der Waals surface area contributed by atoms with Crippen LogP contribution >= 0.6 is 0 Å². The predicted octanol–water partition coefficient (Wildman–Crippen LogP) is 6.27. The average molecular weight is 290 g/mol. The van der Waals surface area contributed by atoms with E-state index in [0.29, 0.717) is 0 Å². The van der Waals surface area contributed by atoms with Crippen molar-refractivity contribution >= 4 is 5.69 Å². The molecular weight excluding hydrogens is 254 g/mol. The van der Waals surface area contributed by atoms with Crippen molar-refractivity contribution in [3.8, 4) is 0 Å². The second-order valence-corrected chi connectivity index (χ2v) is 6.40. The smallest absolute Gasteiger partial charge is 0.0396 e. The van der Waals surface area contributed by atoms with Gasteiger partial charge in [0.2, 0.25) is 0 Å². The number of anilines is 1. The van der Waals surface area contributed by atoms with E-state index in [-0.39, 0.29) is 0 Å². The minimum atomic E-state index is 1.22. The van der Waals surface area contributed by atoms with Crippen LogP contribution in [-0.4, -0.2) is 13.1 Å². The maximum atomic E-state index is 2.63. The van der Waals surface area contributed by atoms with E-state index in [2.05, 4.69) is 50.8 Å². The molecule has 0 spiro atoms. The fourth-order valence-corrected chi connectivity index (χ4v) is 2.97. The van der Waals surface area contributed by atoms with Crippen LogP contribution in [0.3, 0.4) is 0 Å². The Morgan fingerprint density at radius 3 is 1.81 bits per heavy atom. The molecule has 0 aliphatic rings. The van der Waals surface area contributed by atoms with E-state index in [0.717, 1.165) is 0 Å². The molecule has 1 rings (SSSR count). The molecule has 0 saturated heterocycles. The van der Waals surface area contributed by atoms with Crippen LogP contribution in [-0.2, 0) is 0 Å². The Morgan fingerprint density at radius 2 is 1.33 bits per heavy atom. The van der Waals surface area contributed by atoms with Gasteiger partial charge in [0.05, 0.1) is 0 Å². The minimum absolute atomic E-state index is 1.22. The lowest BCUT2D eigenvalue weighted by Crippen LogP contribution is -2.26. The van der Waals surface area contributed by atoms with Gasteiger partial charge >= 0.3 is 0 Å². The summed E-state index contributed by atoms with van der Waals surface area (Å²) in [6.07, 6.45) is 10.8. The molecule has 0 unspecified atom stereocenters. The van der Waals surface area contributed by atoms with Gasteiger partial charge < -0.3 is 4.90 Å². The highest BCUT2D eigenvalue weighted by molar-refractivity contribution is 5.54. The maximum absolute atomic E-state index is 2.63. The van der Waals surface area contributed by atoms with Crippen LogP contribution in [0.25, 0.3) is 0 Å². The summed E-state index contributed by atoms with van der Waals surface area (Å²) in [5, 5.41) is 0. The number of aryl methyl sites for hydroxylation is 2. The van der Waals surface area contributed by atoms with Gasteiger partial charge in [0, 0.05) is 18.8 Å². The molecule has 1 aromatic rings. The van der Waals surface area contributed by atoms with Crippen molar-refractivity contribution in [1.82, 2.24) is 0 Å². The van der Waals surface area contributed by atoms with Crippen molar-refractivity contribution in [2.45, 2.75) is 79.1 Å². The molecule has 0 amide bonds. The van der Waals surface area contributed by atoms with Crippen LogP contribution in [0, 0.1) is 13.8 Å². The van der Waals surface area contributed by atoms with Crippen LogP contribution in [0.1, 0.15) is 76.3 Å². The zero-order chi connectivity index (χ0) is 15.5. The summed E-state index contributed by atoms with van der Waals surface area (Å²) < 4.78 is 0. The van der Waals surface area contributed by atoms with Gasteiger partial charge in [-0.25, -0.2) is 0 Å². The van der Waals surface area contributed by atoms with Gasteiger partial charge in [-0.3, -0.25) is 0 Å². The van der Waals surface area contributed by atoms with Crippen molar-refractivity contribution < 1.29 is 0 Å². The first-order valence-electron chi connectivity index (χ1n) is 9.01. The monoisotopic (exact) mass is 289 g/mol. The highest BCUT2D eigenvalue weighted by Crippen LogP contribution is 2.22. The Labute approximate surface area is 132 Å². The number of benzene rings is 1. The third-order valence-corrected chi connectivity index (χ3v) is 4.26. The lowest BCUT2D eigenvalue weighted by molar-refractivity contribution is 0.608. The molecule has 0 atom stereocenters. The second-order valence-electron chi connectivity index (χ2n) is 6.40. The number of unbranched alkanes of at least 4 members (excludes halogenated alkanes) is 6. The molecule has 0 aromatic heterocycles. The first-order chi connectivity index (χ1) is 10.2. The molecule has 0 aliphatic carbocycles. The topological polar surface area (TPSA) is 3.24 Å². The van der Waals surface area contributed by atoms with Crippen LogP contribution in [0.5, 0.6) is 0 Å². The van der Waals surface area contributed by atoms with Crippen LogP contribution < -0.4 is 4.90 Å². The molecule has 0 fully saturated rings. The third-order valence-electron chi connectivity index (χ3n) is 4.26. The zero-order valence-electron chi connectivity index (χ0n) is 14.8. The fraction of sp³-hybridized carbons (Fsp3) is 0.700. The normalized spacial score (nSPS) is 10.9. The second kappa shape index (κ2) is 10.7. The van der Waals surface area contributed by atoms with Gasteiger partial charge in [0.25, 0.3) is 0 Å². The zero-order valence-corrected chi connectivity index (χ0v) is 14.8. The molecule has 21 heavy (non-hydrogen) atoms. The molecule has 0 saturated carbocycles. The first kappa shape index (κ1) is 18.1. The number of hydrogen-bond acceptors (Lipinski definition) is 1. The Hall–Kier alpha value is -0.980. The standard InChI is InChI=1S/C20H35N/c1-5-7-9-11-15-21(16-12-10-8-6-2)20-14-13-18(3)17-19(20)4/h13-14,17H,5-12,15-16H2,1-4H3. The van der Waals surface area contributed by atoms with Crippen molar-refractivity contribution in [2.24, 2.45) is 0 Å². The molecule has 1 heteroatoms. The quantitative estimate of drug-likeness (QED) is 0.434. The lowest BCUT2D eigenvalue weighted by atomic mass is 10.1. The van der Waals surface area contributed by atoms with E-state index in [1.807, 2.05) is 0 Å². The summed E-state index contributed by atoms with van der Waals surface area (Å²) in [6, 6.07) is 6.90. The van der Waals surface area contributed by atoms with Crippen molar-refractivity contribution in [2.75, 3.05) is 18.0 Å². The van der Waals surface area contributed by atoms with Crippen LogP contribution in [0.2, 0.25) is 0 Å². The average Bonchev–Trinajstić information content (AvgIpc) is 2.46. The SMILES string of the molecule is CCCCCCN(CCCCCC)c1ccc(C)cc1C. The van der Waals surface area contributed by atoms with E-state index in [9.17, 15) is 0 Å². The summed E-state index contributed by atoms with van der Waals surface area (Å²) in [6.45, 7) is 11.4. The van der Waals surface area contributed by atoms with Gasteiger partial charge in [0.15, 0.2) is 0 Å². The molecule has 0 heterocycles. The number of nitrogens with zero attached hydrogens (tertiary/aromatic N) is 1. The van der Waals surface area contributed by atoms with E-state index in [1.54, 1.807) is 0 Å². The van der Waals surface area contributed by atoms with Gasteiger partial charge in [0.1, 0.15) is 0 Å². The van der Waals surface area contributed by atoms with Crippen molar-refractivity contribution in [1.29, 1.82) is 0 Å². The van der Waals surface area contributed by atoms with Crippen LogP contribution in [0.15, 0.2) is 18.2 Å². The fourth-order valence-electron chi connectivity index (χ4n) is 2.97. The van der Waals surface area contributed by atoms with Gasteiger partial charge in [-0.15, -0.1) is 0 Å².